The second-order valence-corrected chi connectivity index (χ2v) is 6.44. The smallest absolute Gasteiger partial charge is 0.223 e. The molecule has 0 radical (unpaired) electrons. The summed E-state index contributed by atoms with van der Waals surface area (Å²) in [4.78, 5) is 14.7. The van der Waals surface area contributed by atoms with E-state index in [9.17, 15) is 4.79 Å². The highest BCUT2D eigenvalue weighted by Gasteiger charge is 2.30. The highest BCUT2D eigenvalue weighted by Crippen LogP contribution is 2.28. The summed E-state index contributed by atoms with van der Waals surface area (Å²) in [6, 6.07) is 0.762. The average molecular weight is 266 g/mol. The Morgan fingerprint density at radius 2 is 1.89 bits per heavy atom. The number of hydrogen-bond donors (Lipinski definition) is 1. The monoisotopic (exact) mass is 266 g/mol. The molecular weight excluding hydrogens is 236 g/mol. The van der Waals surface area contributed by atoms with E-state index in [1.165, 1.54) is 44.9 Å². The second-order valence-electron chi connectivity index (χ2n) is 6.44. The molecule has 0 spiro atoms. The lowest BCUT2D eigenvalue weighted by molar-refractivity contribution is -0.136. The minimum Gasteiger partial charge on any atom is -0.340 e. The van der Waals surface area contributed by atoms with Crippen molar-refractivity contribution < 1.29 is 4.79 Å². The van der Waals surface area contributed by atoms with E-state index < -0.39 is 0 Å². The predicted octanol–water partition coefficient (Wildman–Crippen LogP) is 3.08. The minimum atomic E-state index is 0.257. The van der Waals surface area contributed by atoms with Crippen molar-refractivity contribution in [2.45, 2.75) is 83.2 Å². The number of nitrogens with two attached hydrogens (primary N) is 1. The number of carbonyl (C=O) groups is 1. The maximum absolute atomic E-state index is 12.6. The Morgan fingerprint density at radius 1 is 1.16 bits per heavy atom. The molecule has 110 valence electrons. The Hall–Kier alpha value is -0.570. The van der Waals surface area contributed by atoms with Gasteiger partial charge in [0.1, 0.15) is 0 Å². The molecule has 0 aromatic carbocycles. The zero-order valence-electron chi connectivity index (χ0n) is 12.4. The van der Waals surface area contributed by atoms with Crippen LogP contribution in [0.4, 0.5) is 0 Å². The van der Waals surface area contributed by atoms with Gasteiger partial charge < -0.3 is 10.6 Å². The molecule has 3 atom stereocenters. The third kappa shape index (κ3) is 3.95. The number of likely N-dealkylation sites (tertiary alicyclic amines) is 1. The molecule has 0 aromatic heterocycles. The van der Waals surface area contributed by atoms with Crippen LogP contribution in [0.1, 0.15) is 71.1 Å². The van der Waals surface area contributed by atoms with Crippen molar-refractivity contribution in [1.29, 1.82) is 0 Å². The van der Waals surface area contributed by atoms with Crippen LogP contribution >= 0.6 is 0 Å². The van der Waals surface area contributed by atoms with Gasteiger partial charge in [-0.3, -0.25) is 4.79 Å². The number of carbonyl (C=O) groups excluding carboxylic acids is 1. The molecule has 1 heterocycles. The van der Waals surface area contributed by atoms with Crippen LogP contribution in [0.3, 0.4) is 0 Å². The van der Waals surface area contributed by atoms with Gasteiger partial charge in [0.05, 0.1) is 0 Å². The van der Waals surface area contributed by atoms with E-state index >= 15 is 0 Å². The minimum absolute atomic E-state index is 0.257. The van der Waals surface area contributed by atoms with Crippen LogP contribution in [-0.2, 0) is 4.79 Å². The van der Waals surface area contributed by atoms with Gasteiger partial charge in [-0.25, -0.2) is 0 Å². The third-order valence-corrected chi connectivity index (χ3v) is 4.97. The Morgan fingerprint density at radius 3 is 2.63 bits per heavy atom. The molecule has 1 aliphatic heterocycles. The molecule has 2 N–H and O–H groups in total. The highest BCUT2D eigenvalue weighted by atomic mass is 16.2. The summed E-state index contributed by atoms with van der Waals surface area (Å²) in [6.07, 6.45) is 11.5. The van der Waals surface area contributed by atoms with E-state index in [1.807, 2.05) is 0 Å². The second kappa shape index (κ2) is 7.28. The van der Waals surface area contributed by atoms with Crippen LogP contribution in [-0.4, -0.2) is 29.4 Å². The first-order valence-electron chi connectivity index (χ1n) is 8.27. The first-order valence-corrected chi connectivity index (χ1v) is 8.27. The van der Waals surface area contributed by atoms with Gasteiger partial charge in [-0.05, 0) is 44.4 Å². The summed E-state index contributed by atoms with van der Waals surface area (Å²) in [7, 11) is 0. The van der Waals surface area contributed by atoms with Crippen LogP contribution in [0, 0.1) is 5.92 Å². The normalized spacial score (nSPS) is 32.3. The number of hydrogen-bond acceptors (Lipinski definition) is 2. The summed E-state index contributed by atoms with van der Waals surface area (Å²) in [5.74, 6) is 0.811. The Bertz CT molecular complexity index is 290. The molecule has 1 saturated carbocycles. The van der Waals surface area contributed by atoms with Crippen LogP contribution in [0.2, 0.25) is 0 Å². The van der Waals surface area contributed by atoms with Crippen LogP contribution in [0.15, 0.2) is 0 Å². The molecule has 3 nitrogen and oxygen atoms in total. The molecule has 1 amide bonds. The highest BCUT2D eigenvalue weighted by molar-refractivity contribution is 5.77. The Balaban J connectivity index is 1.89. The van der Waals surface area contributed by atoms with Crippen LogP contribution < -0.4 is 5.73 Å². The van der Waals surface area contributed by atoms with Crippen molar-refractivity contribution in [1.82, 2.24) is 4.90 Å². The van der Waals surface area contributed by atoms with E-state index in [1.54, 1.807) is 0 Å². The zero-order chi connectivity index (χ0) is 13.7. The van der Waals surface area contributed by atoms with E-state index in [0.717, 1.165) is 19.4 Å². The fourth-order valence-electron chi connectivity index (χ4n) is 3.79. The Labute approximate surface area is 117 Å². The van der Waals surface area contributed by atoms with Crippen molar-refractivity contribution in [2.75, 3.05) is 6.54 Å². The lowest BCUT2D eigenvalue weighted by Crippen LogP contribution is -2.46. The van der Waals surface area contributed by atoms with Crippen molar-refractivity contribution in [3.63, 3.8) is 0 Å². The number of piperidine rings is 1. The van der Waals surface area contributed by atoms with Gasteiger partial charge in [0.25, 0.3) is 0 Å². The van der Waals surface area contributed by atoms with Crippen molar-refractivity contribution in [3.8, 4) is 0 Å². The van der Waals surface area contributed by atoms with Gasteiger partial charge in [-0.15, -0.1) is 0 Å². The molecule has 19 heavy (non-hydrogen) atoms. The first-order chi connectivity index (χ1) is 9.22. The van der Waals surface area contributed by atoms with Crippen molar-refractivity contribution >= 4 is 5.91 Å². The van der Waals surface area contributed by atoms with Crippen molar-refractivity contribution in [2.24, 2.45) is 11.7 Å². The molecule has 2 aliphatic rings. The molecule has 0 bridgehead atoms. The quantitative estimate of drug-likeness (QED) is 0.850. The maximum atomic E-state index is 12.6. The molecule has 3 unspecified atom stereocenters. The average Bonchev–Trinajstić information content (AvgIpc) is 2.42. The largest absolute Gasteiger partial charge is 0.340 e. The molecular formula is C16H30N2O. The number of amides is 1. The van der Waals surface area contributed by atoms with E-state index in [2.05, 4.69) is 11.8 Å². The molecule has 2 fully saturated rings. The standard InChI is InChI=1S/C16H30N2O/c1-2-7-14-9-5-6-11-18(14)16(19)12-13-8-3-4-10-15(13)17/h13-15H,2-12,17H2,1H3. The molecule has 1 aliphatic carbocycles. The maximum Gasteiger partial charge on any atom is 0.223 e. The first kappa shape index (κ1) is 14.8. The number of nitrogens with zero attached hydrogens (tertiary/aromatic N) is 1. The van der Waals surface area contributed by atoms with Crippen LogP contribution in [0.25, 0.3) is 0 Å². The summed E-state index contributed by atoms with van der Waals surface area (Å²) < 4.78 is 0. The molecule has 2 rings (SSSR count). The topological polar surface area (TPSA) is 46.3 Å². The lowest BCUT2D eigenvalue weighted by Gasteiger charge is -2.38. The van der Waals surface area contributed by atoms with Gasteiger partial charge in [0, 0.05) is 25.0 Å². The van der Waals surface area contributed by atoms with Gasteiger partial charge in [-0.2, -0.15) is 0 Å². The molecule has 0 aromatic rings. The zero-order valence-corrected chi connectivity index (χ0v) is 12.4. The molecule has 1 saturated heterocycles. The van der Waals surface area contributed by atoms with E-state index in [-0.39, 0.29) is 6.04 Å². The summed E-state index contributed by atoms with van der Waals surface area (Å²) in [5, 5.41) is 0. The summed E-state index contributed by atoms with van der Waals surface area (Å²) in [6.45, 7) is 3.19. The van der Waals surface area contributed by atoms with Gasteiger partial charge in [0.15, 0.2) is 0 Å². The third-order valence-electron chi connectivity index (χ3n) is 4.97. The van der Waals surface area contributed by atoms with Gasteiger partial charge in [0.2, 0.25) is 5.91 Å². The van der Waals surface area contributed by atoms with Crippen molar-refractivity contribution in [3.05, 3.63) is 0 Å². The summed E-state index contributed by atoms with van der Waals surface area (Å²) in [5.41, 5.74) is 6.18. The summed E-state index contributed by atoms with van der Waals surface area (Å²) >= 11 is 0. The van der Waals surface area contributed by atoms with Gasteiger partial charge in [-0.1, -0.05) is 26.2 Å². The fourth-order valence-corrected chi connectivity index (χ4v) is 3.79. The van der Waals surface area contributed by atoms with E-state index in [0.29, 0.717) is 24.3 Å². The Kier molecular flexibility index (Phi) is 5.68. The predicted molar refractivity (Wildman–Crippen MR) is 78.8 cm³/mol. The van der Waals surface area contributed by atoms with Gasteiger partial charge >= 0.3 is 0 Å². The lowest BCUT2D eigenvalue weighted by atomic mass is 9.82. The van der Waals surface area contributed by atoms with Crippen LogP contribution in [0.5, 0.6) is 0 Å². The molecule has 3 heteroatoms. The fraction of sp³-hybridized carbons (Fsp3) is 0.938. The SMILES string of the molecule is CCCC1CCCCN1C(=O)CC1CCCCC1N. The van der Waals surface area contributed by atoms with E-state index in [4.69, 9.17) is 5.73 Å². The number of rotatable bonds is 4.